The highest BCUT2D eigenvalue weighted by atomic mass is 16.3. The molecule has 0 saturated heterocycles. The number of hydrogen-bond acceptors (Lipinski definition) is 2. The van der Waals surface area contributed by atoms with Crippen LogP contribution >= 0.6 is 0 Å². The fourth-order valence-electron chi connectivity index (χ4n) is 0.350. The Balaban J connectivity index is 3.61. The average molecular weight is 127 g/mol. The molecule has 0 aromatic rings. The lowest BCUT2D eigenvalue weighted by molar-refractivity contribution is 0.0836. The van der Waals surface area contributed by atoms with Crippen LogP contribution in [-0.4, -0.2) is 30.3 Å². The van der Waals surface area contributed by atoms with Crippen molar-refractivity contribution < 1.29 is 5.11 Å². The molecule has 1 N–H and O–H groups in total. The van der Waals surface area contributed by atoms with Gasteiger partial charge < -0.3 is 5.11 Å². The van der Waals surface area contributed by atoms with Crippen LogP contribution in [-0.2, 0) is 0 Å². The number of hydrogen-bond donors (Lipinski definition) is 1. The van der Waals surface area contributed by atoms with E-state index in [4.69, 9.17) is 5.11 Å². The second kappa shape index (κ2) is 4.30. The summed E-state index contributed by atoms with van der Waals surface area (Å²) in [6, 6.07) is 0. The quantitative estimate of drug-likeness (QED) is 0.443. The summed E-state index contributed by atoms with van der Waals surface area (Å²) in [5.41, 5.74) is 0. The molecule has 52 valence electrons. The Labute approximate surface area is 56.1 Å². The van der Waals surface area contributed by atoms with Crippen LogP contribution in [0.4, 0.5) is 0 Å². The molecule has 0 radical (unpaired) electrons. The van der Waals surface area contributed by atoms with E-state index >= 15 is 0 Å². The minimum absolute atomic E-state index is 0.497. The highest BCUT2D eigenvalue weighted by molar-refractivity contribution is 4.99. The zero-order valence-corrected chi connectivity index (χ0v) is 5.91. The molecule has 2 heteroatoms. The molecule has 0 aliphatic heterocycles. The number of rotatable bonds is 3. The maximum atomic E-state index is 9.05. The molecule has 0 rings (SSSR count). The zero-order chi connectivity index (χ0) is 7.28. The molecule has 1 unspecified atom stereocenters. The predicted octanol–water partition coefficient (Wildman–Crippen LogP) is 0.609. The molecule has 0 heterocycles. The fraction of sp³-hybridized carbons (Fsp3) is 0.429. The monoisotopic (exact) mass is 127 g/mol. The van der Waals surface area contributed by atoms with Gasteiger partial charge in [0.1, 0.15) is 6.23 Å². The summed E-state index contributed by atoms with van der Waals surface area (Å²) in [5.74, 6) is 0. The highest BCUT2D eigenvalue weighted by Crippen LogP contribution is 1.88. The van der Waals surface area contributed by atoms with E-state index in [9.17, 15) is 0 Å². The van der Waals surface area contributed by atoms with Gasteiger partial charge in [-0.3, -0.25) is 4.90 Å². The Kier molecular flexibility index (Phi) is 4.01. The SMILES string of the molecule is C=C/C=C\C(O)N(C)C. The smallest absolute Gasteiger partial charge is 0.126 e. The van der Waals surface area contributed by atoms with Crippen molar-refractivity contribution in [1.82, 2.24) is 4.90 Å². The lowest BCUT2D eigenvalue weighted by Crippen LogP contribution is -2.24. The van der Waals surface area contributed by atoms with Crippen LogP contribution in [0.1, 0.15) is 0 Å². The first-order valence-corrected chi connectivity index (χ1v) is 2.82. The van der Waals surface area contributed by atoms with Gasteiger partial charge in [0.2, 0.25) is 0 Å². The van der Waals surface area contributed by atoms with E-state index in [0.29, 0.717) is 0 Å². The van der Waals surface area contributed by atoms with Gasteiger partial charge in [-0.05, 0) is 20.2 Å². The Morgan fingerprint density at radius 1 is 1.56 bits per heavy atom. The van der Waals surface area contributed by atoms with Gasteiger partial charge in [0, 0.05) is 0 Å². The molecule has 0 bridgehead atoms. The number of likely N-dealkylation sites (N-methyl/N-ethyl adjacent to an activating group) is 1. The lowest BCUT2D eigenvalue weighted by atomic mass is 10.4. The Morgan fingerprint density at radius 2 is 2.11 bits per heavy atom. The number of aliphatic hydroxyl groups is 1. The molecule has 0 aliphatic carbocycles. The van der Waals surface area contributed by atoms with Crippen LogP contribution in [0, 0.1) is 0 Å². The van der Waals surface area contributed by atoms with Crippen molar-refractivity contribution in [2.75, 3.05) is 14.1 Å². The average Bonchev–Trinajstić information content (AvgIpc) is 1.82. The first kappa shape index (κ1) is 8.40. The summed E-state index contributed by atoms with van der Waals surface area (Å²) in [6.07, 6.45) is 4.51. The summed E-state index contributed by atoms with van der Waals surface area (Å²) in [4.78, 5) is 1.69. The molecule has 0 spiro atoms. The Hall–Kier alpha value is -0.600. The first-order valence-electron chi connectivity index (χ1n) is 2.82. The normalized spacial score (nSPS) is 14.7. The third-order valence-electron chi connectivity index (χ3n) is 0.948. The van der Waals surface area contributed by atoms with Crippen LogP contribution in [0.15, 0.2) is 24.8 Å². The van der Waals surface area contributed by atoms with Gasteiger partial charge in [-0.25, -0.2) is 0 Å². The number of allylic oxidation sites excluding steroid dienone is 2. The molecule has 0 amide bonds. The zero-order valence-electron chi connectivity index (χ0n) is 5.91. The standard InChI is InChI=1S/C7H13NO/c1-4-5-6-7(9)8(2)3/h4-7,9H,1H2,2-3H3/b6-5-. The van der Waals surface area contributed by atoms with Gasteiger partial charge in [-0.1, -0.05) is 18.7 Å². The number of aliphatic hydroxyl groups excluding tert-OH is 1. The summed E-state index contributed by atoms with van der Waals surface area (Å²) in [7, 11) is 3.61. The van der Waals surface area contributed by atoms with Crippen molar-refractivity contribution >= 4 is 0 Å². The number of nitrogens with zero attached hydrogens (tertiary/aromatic N) is 1. The molecule has 0 saturated carbocycles. The molecule has 0 fully saturated rings. The predicted molar refractivity (Wildman–Crippen MR) is 39.0 cm³/mol. The molecule has 2 nitrogen and oxygen atoms in total. The lowest BCUT2D eigenvalue weighted by Gasteiger charge is -2.13. The molecule has 9 heavy (non-hydrogen) atoms. The van der Waals surface area contributed by atoms with Gasteiger partial charge in [-0.2, -0.15) is 0 Å². The van der Waals surface area contributed by atoms with Crippen molar-refractivity contribution in [1.29, 1.82) is 0 Å². The van der Waals surface area contributed by atoms with Crippen LogP contribution in [0.3, 0.4) is 0 Å². The van der Waals surface area contributed by atoms with E-state index in [2.05, 4.69) is 6.58 Å². The van der Waals surface area contributed by atoms with E-state index in [1.165, 1.54) is 0 Å². The summed E-state index contributed by atoms with van der Waals surface area (Å²) in [6.45, 7) is 3.48. The second-order valence-electron chi connectivity index (χ2n) is 2.00. The minimum Gasteiger partial charge on any atom is -0.375 e. The van der Waals surface area contributed by atoms with Crippen molar-refractivity contribution in [3.05, 3.63) is 24.8 Å². The molecule has 1 atom stereocenters. The first-order chi connectivity index (χ1) is 4.18. The Bertz CT molecular complexity index is 107. The molecule has 0 aliphatic rings. The van der Waals surface area contributed by atoms with Crippen LogP contribution in [0.25, 0.3) is 0 Å². The topological polar surface area (TPSA) is 23.5 Å². The summed E-state index contributed by atoms with van der Waals surface area (Å²) < 4.78 is 0. The molecule has 0 aromatic heterocycles. The summed E-state index contributed by atoms with van der Waals surface area (Å²) >= 11 is 0. The van der Waals surface area contributed by atoms with E-state index < -0.39 is 6.23 Å². The van der Waals surface area contributed by atoms with Crippen LogP contribution in [0.2, 0.25) is 0 Å². The van der Waals surface area contributed by atoms with Crippen molar-refractivity contribution in [2.45, 2.75) is 6.23 Å². The second-order valence-corrected chi connectivity index (χ2v) is 2.00. The van der Waals surface area contributed by atoms with Crippen LogP contribution in [0.5, 0.6) is 0 Å². The molecular weight excluding hydrogens is 114 g/mol. The third-order valence-corrected chi connectivity index (χ3v) is 0.948. The minimum atomic E-state index is -0.497. The van der Waals surface area contributed by atoms with E-state index in [0.717, 1.165) is 0 Å². The van der Waals surface area contributed by atoms with Gasteiger partial charge in [-0.15, -0.1) is 0 Å². The maximum Gasteiger partial charge on any atom is 0.126 e. The third kappa shape index (κ3) is 3.94. The van der Waals surface area contributed by atoms with Gasteiger partial charge in [0.25, 0.3) is 0 Å². The highest BCUT2D eigenvalue weighted by Gasteiger charge is 1.97. The van der Waals surface area contributed by atoms with Gasteiger partial charge in [0.05, 0.1) is 0 Å². The molecule has 0 aromatic carbocycles. The Morgan fingerprint density at radius 3 is 2.44 bits per heavy atom. The van der Waals surface area contributed by atoms with E-state index in [-0.39, 0.29) is 0 Å². The maximum absolute atomic E-state index is 9.05. The largest absolute Gasteiger partial charge is 0.375 e. The van der Waals surface area contributed by atoms with Gasteiger partial charge in [0.15, 0.2) is 0 Å². The van der Waals surface area contributed by atoms with Crippen molar-refractivity contribution in [3.8, 4) is 0 Å². The van der Waals surface area contributed by atoms with Crippen molar-refractivity contribution in [3.63, 3.8) is 0 Å². The fourth-order valence-corrected chi connectivity index (χ4v) is 0.350. The van der Waals surface area contributed by atoms with E-state index in [1.54, 1.807) is 37.2 Å². The van der Waals surface area contributed by atoms with E-state index in [1.807, 2.05) is 0 Å². The summed E-state index contributed by atoms with van der Waals surface area (Å²) in [5, 5.41) is 9.05. The van der Waals surface area contributed by atoms with Gasteiger partial charge >= 0.3 is 0 Å². The van der Waals surface area contributed by atoms with Crippen molar-refractivity contribution in [2.24, 2.45) is 0 Å². The molecular formula is C7H13NO. The van der Waals surface area contributed by atoms with Crippen LogP contribution < -0.4 is 0 Å².